The number of aliphatic carboxylic acids is 1. The number of rotatable bonds is 5. The van der Waals surface area contributed by atoms with Gasteiger partial charge in [-0.25, -0.2) is 4.98 Å². The largest absolute Gasteiger partial charge is 0.481 e. The third-order valence-electron chi connectivity index (χ3n) is 1.90. The Morgan fingerprint density at radius 2 is 2.40 bits per heavy atom. The molecule has 0 aliphatic carbocycles. The fraction of sp³-hybridized carbons (Fsp3) is 0.400. The van der Waals surface area contributed by atoms with Gasteiger partial charge in [0.15, 0.2) is 0 Å². The Morgan fingerprint density at radius 1 is 1.67 bits per heavy atom. The highest BCUT2D eigenvalue weighted by molar-refractivity contribution is 6.29. The molecule has 1 unspecified atom stereocenters. The second-order valence-electron chi connectivity index (χ2n) is 3.32. The molecule has 82 valence electrons. The first-order valence-corrected chi connectivity index (χ1v) is 5.06. The first-order valence-electron chi connectivity index (χ1n) is 4.69. The average Bonchev–Trinajstić information content (AvgIpc) is 2.15. The summed E-state index contributed by atoms with van der Waals surface area (Å²) >= 11 is 5.71. The quantitative estimate of drug-likeness (QED) is 0.760. The molecule has 1 heterocycles. The van der Waals surface area contributed by atoms with Gasteiger partial charge in [0.1, 0.15) is 11.0 Å². The lowest BCUT2D eigenvalue weighted by Gasteiger charge is -2.13. The van der Waals surface area contributed by atoms with Gasteiger partial charge in [-0.3, -0.25) is 4.79 Å². The van der Waals surface area contributed by atoms with Crippen molar-refractivity contribution in [3.8, 4) is 0 Å². The summed E-state index contributed by atoms with van der Waals surface area (Å²) in [6, 6.07) is 5.34. The van der Waals surface area contributed by atoms with E-state index in [0.717, 1.165) is 0 Å². The first-order chi connectivity index (χ1) is 7.08. The van der Waals surface area contributed by atoms with Crippen molar-refractivity contribution < 1.29 is 9.90 Å². The topological polar surface area (TPSA) is 62.2 Å². The van der Waals surface area contributed by atoms with Crippen LogP contribution in [0.4, 0.5) is 5.82 Å². The van der Waals surface area contributed by atoms with Crippen molar-refractivity contribution >= 4 is 23.4 Å². The fourth-order valence-corrected chi connectivity index (χ4v) is 1.32. The fourth-order valence-electron chi connectivity index (χ4n) is 1.15. The molecule has 0 aromatic carbocycles. The van der Waals surface area contributed by atoms with Crippen LogP contribution in [0.25, 0.3) is 0 Å². The Morgan fingerprint density at radius 3 is 3.00 bits per heavy atom. The zero-order chi connectivity index (χ0) is 11.3. The maximum atomic E-state index is 10.3. The monoisotopic (exact) mass is 228 g/mol. The summed E-state index contributed by atoms with van der Waals surface area (Å²) in [5.74, 6) is -0.122. The zero-order valence-electron chi connectivity index (χ0n) is 8.40. The Kier molecular flexibility index (Phi) is 4.37. The van der Waals surface area contributed by atoms with E-state index in [2.05, 4.69) is 10.3 Å². The van der Waals surface area contributed by atoms with E-state index < -0.39 is 5.97 Å². The molecule has 15 heavy (non-hydrogen) atoms. The van der Waals surface area contributed by atoms with Crippen molar-refractivity contribution in [3.05, 3.63) is 23.4 Å². The summed E-state index contributed by atoms with van der Waals surface area (Å²) in [4.78, 5) is 14.4. The Labute approximate surface area is 93.3 Å². The normalized spacial score (nSPS) is 12.1. The molecule has 1 rings (SSSR count). The molecule has 0 spiro atoms. The number of nitrogens with one attached hydrogen (secondary N) is 1. The SMILES string of the molecule is CC(CCC(=O)O)Nc1cccc(Cl)n1. The summed E-state index contributed by atoms with van der Waals surface area (Å²) in [6.07, 6.45) is 0.707. The molecule has 1 atom stereocenters. The van der Waals surface area contributed by atoms with Gasteiger partial charge < -0.3 is 10.4 Å². The third kappa shape index (κ3) is 4.65. The third-order valence-corrected chi connectivity index (χ3v) is 2.11. The molecule has 0 amide bonds. The van der Waals surface area contributed by atoms with Crippen LogP contribution in [0.1, 0.15) is 19.8 Å². The highest BCUT2D eigenvalue weighted by Gasteiger charge is 2.05. The van der Waals surface area contributed by atoms with Gasteiger partial charge in [-0.15, -0.1) is 0 Å². The number of carboxylic acid groups (broad SMARTS) is 1. The van der Waals surface area contributed by atoms with E-state index in [1.807, 2.05) is 6.92 Å². The maximum Gasteiger partial charge on any atom is 0.303 e. The Hall–Kier alpha value is -1.29. The van der Waals surface area contributed by atoms with Crippen molar-refractivity contribution in [2.75, 3.05) is 5.32 Å². The lowest BCUT2D eigenvalue weighted by molar-refractivity contribution is -0.137. The predicted molar refractivity (Wildman–Crippen MR) is 59.2 cm³/mol. The molecule has 0 aliphatic heterocycles. The molecule has 0 radical (unpaired) electrons. The highest BCUT2D eigenvalue weighted by Crippen LogP contribution is 2.11. The van der Waals surface area contributed by atoms with Crippen LogP contribution >= 0.6 is 11.6 Å². The second-order valence-corrected chi connectivity index (χ2v) is 3.71. The zero-order valence-corrected chi connectivity index (χ0v) is 9.16. The summed E-state index contributed by atoms with van der Waals surface area (Å²) in [5, 5.41) is 12.0. The van der Waals surface area contributed by atoms with Crippen LogP contribution in [0.3, 0.4) is 0 Å². The molecule has 0 saturated carbocycles. The van der Waals surface area contributed by atoms with E-state index in [0.29, 0.717) is 17.4 Å². The van der Waals surface area contributed by atoms with Crippen LogP contribution in [0, 0.1) is 0 Å². The number of halogens is 1. The van der Waals surface area contributed by atoms with Gasteiger partial charge in [-0.1, -0.05) is 17.7 Å². The van der Waals surface area contributed by atoms with E-state index in [-0.39, 0.29) is 12.5 Å². The molecule has 2 N–H and O–H groups in total. The van der Waals surface area contributed by atoms with Crippen molar-refractivity contribution in [1.29, 1.82) is 0 Å². The predicted octanol–water partition coefficient (Wildman–Crippen LogP) is 2.40. The van der Waals surface area contributed by atoms with E-state index >= 15 is 0 Å². The van der Waals surface area contributed by atoms with Crippen molar-refractivity contribution in [3.63, 3.8) is 0 Å². The molecular weight excluding hydrogens is 216 g/mol. The van der Waals surface area contributed by atoms with Gasteiger partial charge in [0.05, 0.1) is 0 Å². The molecule has 0 fully saturated rings. The second kappa shape index (κ2) is 5.56. The van der Waals surface area contributed by atoms with Gasteiger partial charge in [0, 0.05) is 12.5 Å². The van der Waals surface area contributed by atoms with Crippen LogP contribution in [0.15, 0.2) is 18.2 Å². The maximum absolute atomic E-state index is 10.3. The van der Waals surface area contributed by atoms with E-state index in [1.165, 1.54) is 0 Å². The summed E-state index contributed by atoms with van der Waals surface area (Å²) in [7, 11) is 0. The van der Waals surface area contributed by atoms with Gasteiger partial charge in [-0.05, 0) is 25.5 Å². The van der Waals surface area contributed by atoms with Crippen LogP contribution in [-0.4, -0.2) is 22.1 Å². The molecular formula is C10H13ClN2O2. The number of hydrogen-bond acceptors (Lipinski definition) is 3. The molecule has 4 nitrogen and oxygen atoms in total. The van der Waals surface area contributed by atoms with Gasteiger partial charge in [0.25, 0.3) is 0 Å². The van der Waals surface area contributed by atoms with Crippen LogP contribution < -0.4 is 5.32 Å². The number of pyridine rings is 1. The van der Waals surface area contributed by atoms with Crippen LogP contribution in [0.2, 0.25) is 5.15 Å². The highest BCUT2D eigenvalue weighted by atomic mass is 35.5. The minimum atomic E-state index is -0.789. The molecule has 0 aliphatic rings. The van der Waals surface area contributed by atoms with Gasteiger partial charge >= 0.3 is 5.97 Å². The van der Waals surface area contributed by atoms with Crippen LogP contribution in [0.5, 0.6) is 0 Å². The summed E-state index contributed by atoms with van der Waals surface area (Å²) in [6.45, 7) is 1.91. The van der Waals surface area contributed by atoms with E-state index in [1.54, 1.807) is 18.2 Å². The smallest absolute Gasteiger partial charge is 0.303 e. The Balaban J connectivity index is 2.44. The number of anilines is 1. The first kappa shape index (κ1) is 11.8. The summed E-state index contributed by atoms with van der Waals surface area (Å²) < 4.78 is 0. The number of carbonyl (C=O) groups is 1. The Bertz CT molecular complexity index is 344. The van der Waals surface area contributed by atoms with Crippen molar-refractivity contribution in [1.82, 2.24) is 4.98 Å². The molecule has 0 saturated heterocycles. The molecule has 1 aromatic heterocycles. The van der Waals surface area contributed by atoms with Gasteiger partial charge in [-0.2, -0.15) is 0 Å². The number of nitrogens with zero attached hydrogens (tertiary/aromatic N) is 1. The minimum Gasteiger partial charge on any atom is -0.481 e. The molecule has 1 aromatic rings. The van der Waals surface area contributed by atoms with Crippen molar-refractivity contribution in [2.24, 2.45) is 0 Å². The number of carboxylic acids is 1. The molecule has 0 bridgehead atoms. The molecule has 5 heteroatoms. The lowest BCUT2D eigenvalue weighted by atomic mass is 10.2. The average molecular weight is 229 g/mol. The van der Waals surface area contributed by atoms with E-state index in [9.17, 15) is 4.79 Å². The van der Waals surface area contributed by atoms with Gasteiger partial charge in [0.2, 0.25) is 0 Å². The van der Waals surface area contributed by atoms with E-state index in [4.69, 9.17) is 16.7 Å². The lowest BCUT2D eigenvalue weighted by Crippen LogP contribution is -2.17. The summed E-state index contributed by atoms with van der Waals surface area (Å²) in [5.41, 5.74) is 0. The standard InChI is InChI=1S/C10H13ClN2O2/c1-7(5-6-10(14)15)12-9-4-2-3-8(11)13-9/h2-4,7H,5-6H2,1H3,(H,12,13)(H,14,15). The van der Waals surface area contributed by atoms with Crippen LogP contribution in [-0.2, 0) is 4.79 Å². The number of aromatic nitrogens is 1. The van der Waals surface area contributed by atoms with Crippen molar-refractivity contribution in [2.45, 2.75) is 25.8 Å². The minimum absolute atomic E-state index is 0.0621. The number of hydrogen-bond donors (Lipinski definition) is 2.